The normalized spacial score (nSPS) is 33.3. The van der Waals surface area contributed by atoms with Crippen molar-refractivity contribution in [3.05, 3.63) is 35.4 Å². The first-order valence-electron chi connectivity index (χ1n) is 9.26. The van der Waals surface area contributed by atoms with Crippen LogP contribution in [0.4, 0.5) is 0 Å². The average Bonchev–Trinajstić information content (AvgIpc) is 3.26. The fraction of sp³-hybridized carbons (Fsp3) is 0.600. The van der Waals surface area contributed by atoms with Gasteiger partial charge in [-0.25, -0.2) is 0 Å². The van der Waals surface area contributed by atoms with Crippen molar-refractivity contribution in [1.82, 2.24) is 10.6 Å². The molecule has 0 aliphatic heterocycles. The van der Waals surface area contributed by atoms with Crippen LogP contribution in [0.25, 0.3) is 0 Å². The number of benzene rings is 1. The lowest BCUT2D eigenvalue weighted by Gasteiger charge is -2.32. The Bertz CT molecular complexity index is 640. The number of amides is 2. The molecule has 0 saturated heterocycles. The van der Waals surface area contributed by atoms with Crippen LogP contribution in [0, 0.1) is 23.7 Å². The molecule has 0 aromatic heterocycles. The van der Waals surface area contributed by atoms with Gasteiger partial charge in [-0.05, 0) is 67.1 Å². The molecule has 128 valence electrons. The highest BCUT2D eigenvalue weighted by Crippen LogP contribution is 2.58. The molecule has 2 amide bonds. The monoisotopic (exact) mass is 326 g/mol. The van der Waals surface area contributed by atoms with Crippen molar-refractivity contribution in [3.63, 3.8) is 0 Å². The first-order chi connectivity index (χ1) is 11.6. The van der Waals surface area contributed by atoms with Crippen molar-refractivity contribution in [1.29, 1.82) is 0 Å². The summed E-state index contributed by atoms with van der Waals surface area (Å²) in [6, 6.07) is 7.92. The molecule has 5 atom stereocenters. The third kappa shape index (κ3) is 2.83. The molecule has 0 spiro atoms. The summed E-state index contributed by atoms with van der Waals surface area (Å²) in [6.45, 7) is 2.01. The van der Waals surface area contributed by atoms with Gasteiger partial charge in [-0.15, -0.1) is 0 Å². The summed E-state index contributed by atoms with van der Waals surface area (Å²) in [4.78, 5) is 23.5. The van der Waals surface area contributed by atoms with E-state index in [1.165, 1.54) is 39.0 Å². The second kappa shape index (κ2) is 6.23. The number of carbonyl (C=O) groups is 2. The molecule has 2 N–H and O–H groups in total. The summed E-state index contributed by atoms with van der Waals surface area (Å²) in [7, 11) is 0. The average molecular weight is 326 g/mol. The molecule has 1 aromatic carbocycles. The van der Waals surface area contributed by atoms with Gasteiger partial charge in [0.05, 0.1) is 0 Å². The maximum Gasteiger partial charge on any atom is 0.251 e. The molecule has 3 aliphatic carbocycles. The van der Waals surface area contributed by atoms with Crippen LogP contribution in [0.3, 0.4) is 0 Å². The zero-order valence-corrected chi connectivity index (χ0v) is 14.3. The summed E-state index contributed by atoms with van der Waals surface area (Å²) >= 11 is 0. The Kier molecular flexibility index (Phi) is 4.07. The third-order valence-corrected chi connectivity index (χ3v) is 6.50. The molecule has 4 nitrogen and oxygen atoms in total. The van der Waals surface area contributed by atoms with Crippen LogP contribution < -0.4 is 10.6 Å². The molecular formula is C20H26N2O2. The van der Waals surface area contributed by atoms with Crippen LogP contribution >= 0.6 is 0 Å². The van der Waals surface area contributed by atoms with Crippen LogP contribution in [-0.4, -0.2) is 17.9 Å². The minimum Gasteiger partial charge on any atom is -0.352 e. The van der Waals surface area contributed by atoms with Gasteiger partial charge in [0, 0.05) is 25.1 Å². The van der Waals surface area contributed by atoms with Crippen LogP contribution in [0.1, 0.15) is 54.9 Å². The molecule has 0 heterocycles. The van der Waals surface area contributed by atoms with Gasteiger partial charge in [0.2, 0.25) is 5.91 Å². The van der Waals surface area contributed by atoms with Gasteiger partial charge in [-0.3, -0.25) is 9.59 Å². The second-order valence-electron chi connectivity index (χ2n) is 7.84. The highest BCUT2D eigenvalue weighted by Gasteiger charge is 2.54. The molecule has 0 radical (unpaired) electrons. The van der Waals surface area contributed by atoms with E-state index in [1.807, 2.05) is 24.3 Å². The molecule has 24 heavy (non-hydrogen) atoms. The number of rotatable bonds is 4. The van der Waals surface area contributed by atoms with Crippen molar-refractivity contribution in [2.75, 3.05) is 0 Å². The van der Waals surface area contributed by atoms with E-state index in [0.717, 1.165) is 23.3 Å². The van der Waals surface area contributed by atoms with E-state index in [-0.39, 0.29) is 11.8 Å². The number of hydrogen-bond donors (Lipinski definition) is 2. The van der Waals surface area contributed by atoms with Gasteiger partial charge in [-0.2, -0.15) is 0 Å². The molecule has 3 aliphatic rings. The smallest absolute Gasteiger partial charge is 0.251 e. The Morgan fingerprint density at radius 2 is 1.79 bits per heavy atom. The van der Waals surface area contributed by atoms with Crippen LogP contribution in [0.2, 0.25) is 0 Å². The van der Waals surface area contributed by atoms with E-state index in [2.05, 4.69) is 10.6 Å². The van der Waals surface area contributed by atoms with Crippen LogP contribution in [-0.2, 0) is 11.3 Å². The van der Waals surface area contributed by atoms with E-state index in [4.69, 9.17) is 0 Å². The van der Waals surface area contributed by atoms with Gasteiger partial charge in [0.25, 0.3) is 5.91 Å². The predicted molar refractivity (Wildman–Crippen MR) is 92.3 cm³/mol. The van der Waals surface area contributed by atoms with E-state index in [1.54, 1.807) is 0 Å². The summed E-state index contributed by atoms with van der Waals surface area (Å²) < 4.78 is 0. The Balaban J connectivity index is 1.36. The minimum absolute atomic E-state index is 0.0432. The van der Waals surface area contributed by atoms with E-state index < -0.39 is 0 Å². The Hall–Kier alpha value is -1.84. The summed E-state index contributed by atoms with van der Waals surface area (Å²) in [5.74, 6) is 3.40. The highest BCUT2D eigenvalue weighted by atomic mass is 16.2. The van der Waals surface area contributed by atoms with Gasteiger partial charge < -0.3 is 10.6 Å². The van der Waals surface area contributed by atoms with Crippen LogP contribution in [0.15, 0.2) is 24.3 Å². The maximum absolute atomic E-state index is 12.6. The molecule has 1 aromatic rings. The highest BCUT2D eigenvalue weighted by molar-refractivity contribution is 5.94. The van der Waals surface area contributed by atoms with E-state index in [0.29, 0.717) is 24.1 Å². The Morgan fingerprint density at radius 3 is 2.54 bits per heavy atom. The predicted octanol–water partition coefficient (Wildman–Crippen LogP) is 2.88. The molecule has 2 bridgehead atoms. The largest absolute Gasteiger partial charge is 0.352 e. The zero-order chi connectivity index (χ0) is 16.7. The summed E-state index contributed by atoms with van der Waals surface area (Å²) in [5.41, 5.74) is 1.72. The minimum atomic E-state index is -0.0432. The van der Waals surface area contributed by atoms with E-state index >= 15 is 0 Å². The molecule has 4 heteroatoms. The van der Waals surface area contributed by atoms with E-state index in [9.17, 15) is 9.59 Å². The van der Waals surface area contributed by atoms with Crippen molar-refractivity contribution in [3.8, 4) is 0 Å². The Labute approximate surface area is 143 Å². The second-order valence-corrected chi connectivity index (χ2v) is 7.84. The first-order valence-corrected chi connectivity index (χ1v) is 9.26. The van der Waals surface area contributed by atoms with Crippen LogP contribution in [0.5, 0.6) is 0 Å². The topological polar surface area (TPSA) is 58.2 Å². The molecule has 5 unspecified atom stereocenters. The van der Waals surface area contributed by atoms with Gasteiger partial charge in [-0.1, -0.05) is 18.6 Å². The molecule has 3 fully saturated rings. The lowest BCUT2D eigenvalue weighted by Crippen LogP contribution is -2.42. The van der Waals surface area contributed by atoms with Gasteiger partial charge in [0.1, 0.15) is 0 Å². The number of fused-ring (bicyclic) bond motifs is 5. The third-order valence-electron chi connectivity index (χ3n) is 6.50. The molecule has 3 saturated carbocycles. The van der Waals surface area contributed by atoms with Gasteiger partial charge in [0.15, 0.2) is 0 Å². The fourth-order valence-corrected chi connectivity index (χ4v) is 5.49. The summed E-state index contributed by atoms with van der Waals surface area (Å²) in [6.07, 6.45) is 6.69. The molecule has 4 rings (SSSR count). The lowest BCUT2D eigenvalue weighted by molar-refractivity contribution is -0.119. The van der Waals surface area contributed by atoms with Crippen molar-refractivity contribution in [2.24, 2.45) is 23.7 Å². The molecular weight excluding hydrogens is 300 g/mol. The number of carbonyl (C=O) groups excluding carboxylic acids is 2. The fourth-order valence-electron chi connectivity index (χ4n) is 5.49. The lowest BCUT2D eigenvalue weighted by atomic mass is 9.79. The first kappa shape index (κ1) is 15.7. The zero-order valence-electron chi connectivity index (χ0n) is 14.3. The van der Waals surface area contributed by atoms with Gasteiger partial charge >= 0.3 is 0 Å². The Morgan fingerprint density at radius 1 is 1.04 bits per heavy atom. The van der Waals surface area contributed by atoms with Crippen molar-refractivity contribution in [2.45, 2.75) is 51.6 Å². The SMILES string of the molecule is CC(=O)NCc1ccc(C(=O)NC2CC3CC2C2CCCC32)cc1. The number of nitrogens with one attached hydrogen (secondary N) is 2. The van der Waals surface area contributed by atoms with Crippen molar-refractivity contribution < 1.29 is 9.59 Å². The number of hydrogen-bond acceptors (Lipinski definition) is 2. The summed E-state index contributed by atoms with van der Waals surface area (Å²) in [5, 5.41) is 6.07. The standard InChI is InChI=1S/C20H26N2O2/c1-12(23)21-11-13-5-7-14(8-6-13)20(24)22-19-10-15-9-18(19)17-4-2-3-16(15)17/h5-8,15-19H,2-4,9-11H2,1H3,(H,21,23)(H,22,24). The maximum atomic E-state index is 12.6. The van der Waals surface area contributed by atoms with Crippen molar-refractivity contribution >= 4 is 11.8 Å². The quantitative estimate of drug-likeness (QED) is 0.894.